The second-order valence-electron chi connectivity index (χ2n) is 3.96. The zero-order chi connectivity index (χ0) is 13.4. The van der Waals surface area contributed by atoms with Crippen LogP contribution in [0.5, 0.6) is 0 Å². The number of aliphatic carboxylic acids is 1. The Balaban J connectivity index is 2.11. The third kappa shape index (κ3) is 2.10. The van der Waals surface area contributed by atoms with Crippen molar-refractivity contribution >= 4 is 27.8 Å². The standard InChI is InChI=1S/C11H8BrN5O2/c12-7-3-1-2-6(4-7)9-5-8(10(18)19)13-11-14-15-16-17(9)11/h1-5,9H,(H,18,19)(H,13,14,16)/t9-/m0/s1. The van der Waals surface area contributed by atoms with Gasteiger partial charge in [0.15, 0.2) is 0 Å². The van der Waals surface area contributed by atoms with Crippen molar-refractivity contribution < 1.29 is 9.90 Å². The van der Waals surface area contributed by atoms with Gasteiger partial charge in [-0.15, -0.1) is 0 Å². The highest BCUT2D eigenvalue weighted by molar-refractivity contribution is 9.10. The number of halogens is 1. The quantitative estimate of drug-likeness (QED) is 0.869. The van der Waals surface area contributed by atoms with Gasteiger partial charge in [-0.25, -0.2) is 4.79 Å². The first-order valence-electron chi connectivity index (χ1n) is 5.40. The van der Waals surface area contributed by atoms with Gasteiger partial charge in [0.05, 0.1) is 0 Å². The molecule has 1 aromatic heterocycles. The van der Waals surface area contributed by atoms with Crippen LogP contribution in [-0.4, -0.2) is 31.3 Å². The molecule has 0 amide bonds. The molecule has 96 valence electrons. The number of hydrogen-bond donors (Lipinski definition) is 2. The van der Waals surface area contributed by atoms with E-state index in [-0.39, 0.29) is 11.7 Å². The monoisotopic (exact) mass is 321 g/mol. The van der Waals surface area contributed by atoms with Crippen molar-refractivity contribution in [1.29, 1.82) is 0 Å². The molecule has 1 aliphatic heterocycles. The molecule has 1 atom stereocenters. The molecule has 0 unspecified atom stereocenters. The van der Waals surface area contributed by atoms with E-state index in [1.807, 2.05) is 24.3 Å². The number of aromatic nitrogens is 4. The summed E-state index contributed by atoms with van der Waals surface area (Å²) >= 11 is 3.39. The SMILES string of the molecule is O=C(O)C1=C[C@@H](c2cccc(Br)c2)n2nnnc2N1. The van der Waals surface area contributed by atoms with Gasteiger partial charge in [-0.05, 0) is 34.2 Å². The van der Waals surface area contributed by atoms with Crippen LogP contribution in [0.2, 0.25) is 0 Å². The number of allylic oxidation sites excluding steroid dienone is 1. The van der Waals surface area contributed by atoms with E-state index in [2.05, 4.69) is 36.8 Å². The summed E-state index contributed by atoms with van der Waals surface area (Å²) in [6, 6.07) is 7.21. The Morgan fingerprint density at radius 2 is 2.32 bits per heavy atom. The largest absolute Gasteiger partial charge is 0.477 e. The average Bonchev–Trinajstić information content (AvgIpc) is 2.85. The molecule has 7 nitrogen and oxygen atoms in total. The zero-order valence-electron chi connectivity index (χ0n) is 9.49. The molecule has 0 aliphatic carbocycles. The van der Waals surface area contributed by atoms with Gasteiger partial charge in [-0.2, -0.15) is 4.68 Å². The van der Waals surface area contributed by atoms with E-state index in [1.165, 1.54) is 4.68 Å². The molecule has 19 heavy (non-hydrogen) atoms. The minimum atomic E-state index is -1.05. The Kier molecular flexibility index (Phi) is 2.79. The highest BCUT2D eigenvalue weighted by Gasteiger charge is 2.26. The molecule has 2 aromatic rings. The fourth-order valence-corrected chi connectivity index (χ4v) is 2.32. The second-order valence-corrected chi connectivity index (χ2v) is 4.87. The van der Waals surface area contributed by atoms with Crippen molar-refractivity contribution in [2.24, 2.45) is 0 Å². The Morgan fingerprint density at radius 1 is 1.47 bits per heavy atom. The fraction of sp³-hybridized carbons (Fsp3) is 0.0909. The van der Waals surface area contributed by atoms with Gasteiger partial charge in [0.25, 0.3) is 0 Å². The van der Waals surface area contributed by atoms with E-state index in [0.29, 0.717) is 5.95 Å². The third-order valence-corrected chi connectivity index (χ3v) is 3.24. The van der Waals surface area contributed by atoms with Gasteiger partial charge in [-0.1, -0.05) is 33.2 Å². The molecule has 0 bridgehead atoms. The first-order chi connectivity index (χ1) is 9.15. The predicted octanol–water partition coefficient (Wildman–Crippen LogP) is 1.42. The molecule has 2 N–H and O–H groups in total. The van der Waals surface area contributed by atoms with E-state index in [9.17, 15) is 4.79 Å². The Morgan fingerprint density at radius 3 is 3.05 bits per heavy atom. The number of carboxylic acids is 1. The number of nitrogens with one attached hydrogen (secondary N) is 1. The highest BCUT2D eigenvalue weighted by atomic mass is 79.9. The first kappa shape index (κ1) is 11.8. The topological polar surface area (TPSA) is 92.9 Å². The van der Waals surface area contributed by atoms with Crippen LogP contribution in [0.3, 0.4) is 0 Å². The van der Waals surface area contributed by atoms with Crippen LogP contribution in [0.4, 0.5) is 5.95 Å². The van der Waals surface area contributed by atoms with E-state index in [4.69, 9.17) is 5.11 Å². The summed E-state index contributed by atoms with van der Waals surface area (Å²) in [6.07, 6.45) is 1.58. The van der Waals surface area contributed by atoms with Gasteiger partial charge in [0, 0.05) is 4.47 Å². The van der Waals surface area contributed by atoms with Crippen molar-refractivity contribution in [2.45, 2.75) is 6.04 Å². The maximum atomic E-state index is 11.1. The summed E-state index contributed by atoms with van der Waals surface area (Å²) in [7, 11) is 0. The Labute approximate surface area is 116 Å². The third-order valence-electron chi connectivity index (χ3n) is 2.75. The van der Waals surface area contributed by atoms with Crippen LogP contribution in [0.25, 0.3) is 0 Å². The molecule has 3 rings (SSSR count). The van der Waals surface area contributed by atoms with E-state index < -0.39 is 5.97 Å². The first-order valence-corrected chi connectivity index (χ1v) is 6.20. The molecule has 0 radical (unpaired) electrons. The minimum absolute atomic E-state index is 0.0623. The van der Waals surface area contributed by atoms with Gasteiger partial charge in [0.1, 0.15) is 11.7 Å². The van der Waals surface area contributed by atoms with Crippen LogP contribution in [0.1, 0.15) is 11.6 Å². The van der Waals surface area contributed by atoms with E-state index in [0.717, 1.165) is 10.0 Å². The average molecular weight is 322 g/mol. The molecule has 0 fully saturated rings. The van der Waals surface area contributed by atoms with Crippen LogP contribution in [-0.2, 0) is 4.79 Å². The normalized spacial score (nSPS) is 17.3. The molecular weight excluding hydrogens is 314 g/mol. The molecule has 0 saturated heterocycles. The van der Waals surface area contributed by atoms with Gasteiger partial charge >= 0.3 is 5.97 Å². The van der Waals surface area contributed by atoms with Gasteiger partial charge < -0.3 is 10.4 Å². The summed E-state index contributed by atoms with van der Waals surface area (Å²) in [6.45, 7) is 0. The summed E-state index contributed by atoms with van der Waals surface area (Å²) in [5.41, 5.74) is 0.954. The van der Waals surface area contributed by atoms with Gasteiger partial charge in [0.2, 0.25) is 5.95 Å². The van der Waals surface area contributed by atoms with Crippen LogP contribution < -0.4 is 5.32 Å². The number of fused-ring (bicyclic) bond motifs is 1. The Bertz CT molecular complexity index is 681. The zero-order valence-corrected chi connectivity index (χ0v) is 11.1. The number of anilines is 1. The number of nitrogens with zero attached hydrogens (tertiary/aromatic N) is 4. The van der Waals surface area contributed by atoms with E-state index >= 15 is 0 Å². The summed E-state index contributed by atoms with van der Waals surface area (Å²) in [5, 5.41) is 23.0. The number of benzene rings is 1. The van der Waals surface area contributed by atoms with Crippen molar-refractivity contribution in [3.8, 4) is 0 Å². The summed E-state index contributed by atoms with van der Waals surface area (Å²) in [4.78, 5) is 11.1. The lowest BCUT2D eigenvalue weighted by molar-refractivity contribution is -0.132. The molecule has 1 aromatic carbocycles. The highest BCUT2D eigenvalue weighted by Crippen LogP contribution is 2.28. The number of carboxylic acid groups (broad SMARTS) is 1. The van der Waals surface area contributed by atoms with Crippen molar-refractivity contribution in [3.63, 3.8) is 0 Å². The molecular formula is C11H8BrN5O2. The number of rotatable bonds is 2. The predicted molar refractivity (Wildman–Crippen MR) is 69.4 cm³/mol. The lowest BCUT2D eigenvalue weighted by atomic mass is 10.0. The molecule has 0 spiro atoms. The lowest BCUT2D eigenvalue weighted by Crippen LogP contribution is -2.24. The fourth-order valence-electron chi connectivity index (χ4n) is 1.91. The van der Waals surface area contributed by atoms with Crippen molar-refractivity contribution in [1.82, 2.24) is 20.2 Å². The molecule has 1 aliphatic rings. The summed E-state index contributed by atoms with van der Waals surface area (Å²) in [5.74, 6) is -0.737. The summed E-state index contributed by atoms with van der Waals surface area (Å²) < 4.78 is 2.44. The van der Waals surface area contributed by atoms with Crippen LogP contribution in [0, 0.1) is 0 Å². The van der Waals surface area contributed by atoms with Crippen molar-refractivity contribution in [2.75, 3.05) is 5.32 Å². The molecule has 2 heterocycles. The Hall–Kier alpha value is -2.22. The maximum absolute atomic E-state index is 11.1. The lowest BCUT2D eigenvalue weighted by Gasteiger charge is -2.21. The molecule has 0 saturated carbocycles. The van der Waals surface area contributed by atoms with Crippen LogP contribution in [0.15, 0.2) is 40.5 Å². The maximum Gasteiger partial charge on any atom is 0.352 e. The second kappa shape index (κ2) is 4.47. The number of hydrogen-bond acceptors (Lipinski definition) is 5. The van der Waals surface area contributed by atoms with Gasteiger partial charge in [-0.3, -0.25) is 0 Å². The smallest absolute Gasteiger partial charge is 0.352 e. The molecule has 8 heteroatoms. The van der Waals surface area contributed by atoms with E-state index in [1.54, 1.807) is 6.08 Å². The van der Waals surface area contributed by atoms with Crippen molar-refractivity contribution in [3.05, 3.63) is 46.1 Å². The number of tetrazole rings is 1. The minimum Gasteiger partial charge on any atom is -0.477 e. The number of carbonyl (C=O) groups is 1. The van der Waals surface area contributed by atoms with Crippen LogP contribution >= 0.6 is 15.9 Å².